The number of benzene rings is 1. The van der Waals surface area contributed by atoms with Crippen molar-refractivity contribution in [1.29, 1.82) is 0 Å². The second-order valence-corrected chi connectivity index (χ2v) is 5.08. The predicted octanol–water partition coefficient (Wildman–Crippen LogP) is 3.35. The summed E-state index contributed by atoms with van der Waals surface area (Å²) < 4.78 is 17.9. The van der Waals surface area contributed by atoms with Crippen LogP contribution in [0.25, 0.3) is 10.6 Å². The van der Waals surface area contributed by atoms with E-state index in [4.69, 9.17) is 0 Å². The normalized spacial score (nSPS) is 10.4. The summed E-state index contributed by atoms with van der Waals surface area (Å²) in [6, 6.07) is 4.52. The minimum atomic E-state index is -0.468. The van der Waals surface area contributed by atoms with Crippen LogP contribution in [0.5, 0.6) is 0 Å². The molecule has 0 fully saturated rings. The van der Waals surface area contributed by atoms with Gasteiger partial charge >= 0.3 is 5.97 Å². The molecule has 1 aromatic heterocycles. The van der Waals surface area contributed by atoms with E-state index in [1.165, 1.54) is 30.6 Å². The first kappa shape index (κ1) is 12.7. The molecule has 0 bridgehead atoms. The quantitative estimate of drug-likeness (QED) is 0.782. The van der Waals surface area contributed by atoms with Crippen LogP contribution in [0.15, 0.2) is 18.2 Å². The second-order valence-electron chi connectivity index (χ2n) is 3.87. The Bertz CT molecular complexity index is 607. The number of aromatic nitrogens is 1. The molecule has 0 N–H and O–H groups in total. The molecule has 0 saturated carbocycles. The molecule has 0 atom stereocenters. The number of esters is 1. The summed E-state index contributed by atoms with van der Waals surface area (Å²) in [5.41, 5.74) is 1.92. The monoisotopic (exact) mass is 265 g/mol. The number of thiazole rings is 1. The largest absolute Gasteiger partial charge is 0.464 e. The van der Waals surface area contributed by atoms with Gasteiger partial charge in [-0.1, -0.05) is 6.07 Å². The first-order chi connectivity index (χ1) is 8.52. The lowest BCUT2D eigenvalue weighted by Crippen LogP contribution is -2.03. The van der Waals surface area contributed by atoms with Gasteiger partial charge in [-0.25, -0.2) is 14.2 Å². The highest BCUT2D eigenvalue weighted by Gasteiger charge is 2.17. The molecule has 3 nitrogen and oxygen atoms in total. The smallest absolute Gasteiger partial charge is 0.357 e. The summed E-state index contributed by atoms with van der Waals surface area (Å²) in [6.07, 6.45) is 0. The number of rotatable bonds is 2. The lowest BCUT2D eigenvalue weighted by Gasteiger charge is -2.01. The molecular formula is C13H12FNO2S. The van der Waals surface area contributed by atoms with Gasteiger partial charge in [-0.2, -0.15) is 0 Å². The van der Waals surface area contributed by atoms with Gasteiger partial charge in [0.15, 0.2) is 5.69 Å². The van der Waals surface area contributed by atoms with E-state index in [1.54, 1.807) is 13.0 Å². The summed E-state index contributed by atoms with van der Waals surface area (Å²) in [5, 5.41) is 0.630. The fourth-order valence-corrected chi connectivity index (χ4v) is 2.60. The van der Waals surface area contributed by atoms with E-state index < -0.39 is 5.97 Å². The Morgan fingerprint density at radius 3 is 2.78 bits per heavy atom. The fraction of sp³-hybridized carbons (Fsp3) is 0.231. The van der Waals surface area contributed by atoms with Gasteiger partial charge in [-0.15, -0.1) is 11.3 Å². The number of carbonyl (C=O) groups is 1. The van der Waals surface area contributed by atoms with Crippen molar-refractivity contribution < 1.29 is 13.9 Å². The van der Waals surface area contributed by atoms with Crippen molar-refractivity contribution in [1.82, 2.24) is 4.98 Å². The van der Waals surface area contributed by atoms with Crippen molar-refractivity contribution in [2.45, 2.75) is 13.8 Å². The van der Waals surface area contributed by atoms with Crippen LogP contribution in [0, 0.1) is 19.7 Å². The van der Waals surface area contributed by atoms with Crippen molar-refractivity contribution in [3.05, 3.63) is 40.2 Å². The lowest BCUT2D eigenvalue weighted by atomic mass is 10.1. The average Bonchev–Trinajstić information content (AvgIpc) is 2.73. The molecule has 0 radical (unpaired) electrons. The van der Waals surface area contributed by atoms with Gasteiger partial charge in [0.25, 0.3) is 0 Å². The predicted molar refractivity (Wildman–Crippen MR) is 68.3 cm³/mol. The Hall–Kier alpha value is -1.75. The van der Waals surface area contributed by atoms with Crippen LogP contribution in [0.1, 0.15) is 20.9 Å². The third-order valence-electron chi connectivity index (χ3n) is 2.61. The summed E-state index contributed by atoms with van der Waals surface area (Å²) >= 11 is 1.36. The Kier molecular flexibility index (Phi) is 3.43. The van der Waals surface area contributed by atoms with Crippen molar-refractivity contribution in [3.8, 4) is 10.6 Å². The third kappa shape index (κ3) is 2.26. The van der Waals surface area contributed by atoms with Crippen molar-refractivity contribution in [2.75, 3.05) is 7.11 Å². The maximum absolute atomic E-state index is 13.3. The minimum absolute atomic E-state index is 0.293. The molecule has 0 aliphatic carbocycles. The van der Waals surface area contributed by atoms with Crippen LogP contribution in [-0.2, 0) is 4.74 Å². The van der Waals surface area contributed by atoms with Gasteiger partial charge in [-0.05, 0) is 31.5 Å². The number of aryl methyl sites for hydroxylation is 2. The van der Waals surface area contributed by atoms with Crippen molar-refractivity contribution in [2.24, 2.45) is 0 Å². The third-order valence-corrected chi connectivity index (χ3v) is 3.61. The van der Waals surface area contributed by atoms with Gasteiger partial charge in [0.2, 0.25) is 0 Å². The van der Waals surface area contributed by atoms with Crippen molar-refractivity contribution >= 4 is 17.3 Å². The van der Waals surface area contributed by atoms with Gasteiger partial charge in [0.05, 0.1) is 7.11 Å². The van der Waals surface area contributed by atoms with E-state index in [2.05, 4.69) is 9.72 Å². The van der Waals surface area contributed by atoms with Gasteiger partial charge in [0.1, 0.15) is 10.8 Å². The second kappa shape index (κ2) is 4.86. The summed E-state index contributed by atoms with van der Waals surface area (Å²) in [5.74, 6) is -0.785. The molecular weight excluding hydrogens is 253 g/mol. The van der Waals surface area contributed by atoms with E-state index >= 15 is 0 Å². The average molecular weight is 265 g/mol. The van der Waals surface area contributed by atoms with E-state index in [1.807, 2.05) is 6.92 Å². The van der Waals surface area contributed by atoms with E-state index in [9.17, 15) is 9.18 Å². The molecule has 0 saturated heterocycles. The highest BCUT2D eigenvalue weighted by Crippen LogP contribution is 2.30. The maximum atomic E-state index is 13.3. The number of carbonyl (C=O) groups excluding carboxylic acids is 1. The van der Waals surface area contributed by atoms with Crippen LogP contribution in [0.3, 0.4) is 0 Å². The number of hydrogen-bond donors (Lipinski definition) is 0. The number of methoxy groups -OCH3 is 1. The zero-order valence-corrected chi connectivity index (χ0v) is 11.1. The maximum Gasteiger partial charge on any atom is 0.357 e. The first-order valence-corrected chi connectivity index (χ1v) is 6.17. The Labute approximate surface area is 108 Å². The Morgan fingerprint density at radius 1 is 1.39 bits per heavy atom. The standard InChI is InChI=1S/C13H12FNO2S/c1-7-4-5-9(14)6-10(7)12-15-11(8(2)18-12)13(16)17-3/h4-6H,1-3H3. The number of ether oxygens (including phenoxy) is 1. The molecule has 0 unspecified atom stereocenters. The zero-order chi connectivity index (χ0) is 13.3. The molecule has 1 aromatic carbocycles. The van der Waals surface area contributed by atoms with Crippen molar-refractivity contribution in [3.63, 3.8) is 0 Å². The van der Waals surface area contributed by atoms with Gasteiger partial charge in [0, 0.05) is 10.4 Å². The number of nitrogens with zero attached hydrogens (tertiary/aromatic N) is 1. The highest BCUT2D eigenvalue weighted by molar-refractivity contribution is 7.15. The van der Waals surface area contributed by atoms with E-state index in [0.29, 0.717) is 16.3 Å². The van der Waals surface area contributed by atoms with Crippen LogP contribution in [0.2, 0.25) is 0 Å². The molecule has 1 heterocycles. The molecule has 2 aromatic rings. The van der Waals surface area contributed by atoms with Crippen LogP contribution in [0.4, 0.5) is 4.39 Å². The van der Waals surface area contributed by atoms with Crippen LogP contribution >= 0.6 is 11.3 Å². The molecule has 5 heteroatoms. The van der Waals surface area contributed by atoms with E-state index in [0.717, 1.165) is 10.4 Å². The van der Waals surface area contributed by atoms with Gasteiger partial charge in [-0.3, -0.25) is 0 Å². The topological polar surface area (TPSA) is 39.2 Å². The Balaban J connectivity index is 2.52. The molecule has 0 spiro atoms. The molecule has 0 aliphatic rings. The van der Waals surface area contributed by atoms with Crippen LogP contribution in [-0.4, -0.2) is 18.1 Å². The molecule has 0 amide bonds. The van der Waals surface area contributed by atoms with E-state index in [-0.39, 0.29) is 5.82 Å². The number of hydrogen-bond acceptors (Lipinski definition) is 4. The molecule has 0 aliphatic heterocycles. The highest BCUT2D eigenvalue weighted by atomic mass is 32.1. The first-order valence-electron chi connectivity index (χ1n) is 5.35. The lowest BCUT2D eigenvalue weighted by molar-refractivity contribution is 0.0594. The summed E-state index contributed by atoms with van der Waals surface area (Å²) in [4.78, 5) is 16.5. The minimum Gasteiger partial charge on any atom is -0.464 e. The zero-order valence-electron chi connectivity index (χ0n) is 10.3. The van der Waals surface area contributed by atoms with Gasteiger partial charge < -0.3 is 4.74 Å². The molecule has 18 heavy (non-hydrogen) atoms. The molecule has 94 valence electrons. The fourth-order valence-electron chi connectivity index (χ4n) is 1.62. The molecule has 2 rings (SSSR count). The number of halogens is 1. The summed E-state index contributed by atoms with van der Waals surface area (Å²) in [6.45, 7) is 3.67. The SMILES string of the molecule is COC(=O)c1nc(-c2cc(F)ccc2C)sc1C. The van der Waals surface area contributed by atoms with Crippen LogP contribution < -0.4 is 0 Å². The summed E-state index contributed by atoms with van der Waals surface area (Å²) in [7, 11) is 1.31. The Morgan fingerprint density at radius 2 is 2.11 bits per heavy atom.